The molecule has 0 spiro atoms. The molecule has 3 rings (SSSR count). The average Bonchev–Trinajstić information content (AvgIpc) is 3.00. The maximum atomic E-state index is 12.7. The summed E-state index contributed by atoms with van der Waals surface area (Å²) in [4.78, 5) is 21.4. The van der Waals surface area contributed by atoms with Gasteiger partial charge >= 0.3 is 0 Å². The first-order valence-electron chi connectivity index (χ1n) is 8.60. The number of aromatic nitrogens is 1. The van der Waals surface area contributed by atoms with E-state index in [1.807, 2.05) is 18.0 Å². The quantitative estimate of drug-likeness (QED) is 0.860. The molecule has 1 aliphatic heterocycles. The highest BCUT2D eigenvalue weighted by atomic mass is 16.2. The molecule has 4 nitrogen and oxygen atoms in total. The maximum Gasteiger partial charge on any atom is 0.272 e. The summed E-state index contributed by atoms with van der Waals surface area (Å²) in [5.74, 6) is 0.0781. The highest BCUT2D eigenvalue weighted by Gasteiger charge is 2.26. The van der Waals surface area contributed by atoms with Gasteiger partial charge in [-0.25, -0.2) is 0 Å². The summed E-state index contributed by atoms with van der Waals surface area (Å²) in [6.45, 7) is 1.14. The van der Waals surface area contributed by atoms with Gasteiger partial charge in [0.25, 0.3) is 5.91 Å². The third-order valence-corrected chi connectivity index (χ3v) is 5.35. The minimum atomic E-state index is 0.0781. The second-order valence-electron chi connectivity index (χ2n) is 6.82. The van der Waals surface area contributed by atoms with Gasteiger partial charge in [0.05, 0.1) is 0 Å². The number of nitrogens with zero attached hydrogens (tertiary/aromatic N) is 3. The first-order chi connectivity index (χ1) is 10.7. The van der Waals surface area contributed by atoms with Gasteiger partial charge in [-0.2, -0.15) is 0 Å². The van der Waals surface area contributed by atoms with E-state index in [0.29, 0.717) is 17.8 Å². The van der Waals surface area contributed by atoms with E-state index in [4.69, 9.17) is 0 Å². The molecule has 120 valence electrons. The normalized spacial score (nSPS) is 23.6. The van der Waals surface area contributed by atoms with E-state index >= 15 is 0 Å². The Hall–Kier alpha value is -1.42. The summed E-state index contributed by atoms with van der Waals surface area (Å²) in [6, 6.07) is 4.90. The van der Waals surface area contributed by atoms with Gasteiger partial charge in [0, 0.05) is 25.3 Å². The Morgan fingerprint density at radius 3 is 2.68 bits per heavy atom. The monoisotopic (exact) mass is 301 g/mol. The molecule has 1 amide bonds. The summed E-state index contributed by atoms with van der Waals surface area (Å²) < 4.78 is 0. The number of likely N-dealkylation sites (tertiary alicyclic amines) is 1. The molecule has 1 aromatic heterocycles. The lowest BCUT2D eigenvalue weighted by atomic mass is 9.94. The van der Waals surface area contributed by atoms with E-state index in [0.717, 1.165) is 19.4 Å². The lowest BCUT2D eigenvalue weighted by Crippen LogP contribution is -2.38. The maximum absolute atomic E-state index is 12.7. The molecule has 0 bridgehead atoms. The third-order valence-electron chi connectivity index (χ3n) is 5.35. The van der Waals surface area contributed by atoms with Crippen molar-refractivity contribution < 1.29 is 4.79 Å². The molecule has 1 saturated carbocycles. The second kappa shape index (κ2) is 6.78. The van der Waals surface area contributed by atoms with Crippen LogP contribution in [0.4, 0.5) is 0 Å². The van der Waals surface area contributed by atoms with E-state index in [-0.39, 0.29) is 5.91 Å². The summed E-state index contributed by atoms with van der Waals surface area (Å²) in [5.41, 5.74) is 1.83. The number of pyridine rings is 1. The van der Waals surface area contributed by atoms with Crippen molar-refractivity contribution in [1.82, 2.24) is 14.8 Å². The number of rotatable bonds is 3. The number of amides is 1. The van der Waals surface area contributed by atoms with Crippen molar-refractivity contribution in [1.29, 1.82) is 0 Å². The lowest BCUT2D eigenvalue weighted by molar-refractivity contribution is 0.0690. The molecule has 2 aliphatic rings. The van der Waals surface area contributed by atoms with Crippen molar-refractivity contribution in [3.8, 4) is 0 Å². The van der Waals surface area contributed by atoms with Gasteiger partial charge in [-0.15, -0.1) is 0 Å². The van der Waals surface area contributed by atoms with Gasteiger partial charge in [-0.1, -0.05) is 19.3 Å². The van der Waals surface area contributed by atoms with Crippen LogP contribution in [-0.4, -0.2) is 47.4 Å². The van der Waals surface area contributed by atoms with Crippen molar-refractivity contribution in [2.24, 2.45) is 0 Å². The molecule has 0 aromatic carbocycles. The zero-order chi connectivity index (χ0) is 15.5. The molecule has 22 heavy (non-hydrogen) atoms. The summed E-state index contributed by atoms with van der Waals surface area (Å²) in [6.07, 6.45) is 10.2. The van der Waals surface area contributed by atoms with Crippen molar-refractivity contribution in [2.45, 2.75) is 57.0 Å². The van der Waals surface area contributed by atoms with Gasteiger partial charge in [-0.05, 0) is 57.0 Å². The molecule has 0 radical (unpaired) electrons. The second-order valence-corrected chi connectivity index (χ2v) is 6.82. The average molecular weight is 301 g/mol. The Balaban J connectivity index is 1.74. The minimum Gasteiger partial charge on any atom is -0.337 e. The van der Waals surface area contributed by atoms with Gasteiger partial charge in [0.15, 0.2) is 0 Å². The highest BCUT2D eigenvalue weighted by Crippen LogP contribution is 2.30. The first kappa shape index (κ1) is 15.5. The summed E-state index contributed by atoms with van der Waals surface area (Å²) in [5, 5.41) is 0. The molecule has 2 heterocycles. The van der Waals surface area contributed by atoms with Crippen LogP contribution in [0.1, 0.15) is 67.0 Å². The van der Waals surface area contributed by atoms with Crippen LogP contribution in [0.15, 0.2) is 18.3 Å². The standard InChI is InChI=1S/C18H27N3O/c1-20-12-6-9-17(20)14-10-11-19-16(13-14)18(22)21(2)15-7-4-3-5-8-15/h10-11,13,15,17H,3-9,12H2,1-2H3/t17-/m0/s1. The van der Waals surface area contributed by atoms with Crippen LogP contribution in [-0.2, 0) is 0 Å². The van der Waals surface area contributed by atoms with E-state index in [9.17, 15) is 4.79 Å². The molecule has 2 fully saturated rings. The molecule has 4 heteroatoms. The predicted molar refractivity (Wildman–Crippen MR) is 87.8 cm³/mol. The van der Waals surface area contributed by atoms with Gasteiger partial charge in [0.1, 0.15) is 5.69 Å². The third kappa shape index (κ3) is 3.17. The SMILES string of the molecule is CN(C(=O)c1cc([C@@H]2CCCN2C)ccn1)C1CCCCC1. The fourth-order valence-corrected chi connectivity index (χ4v) is 3.92. The lowest BCUT2D eigenvalue weighted by Gasteiger charge is -2.31. The molecule has 1 aliphatic carbocycles. The van der Waals surface area contributed by atoms with E-state index in [1.54, 1.807) is 6.20 Å². The summed E-state index contributed by atoms with van der Waals surface area (Å²) >= 11 is 0. The van der Waals surface area contributed by atoms with Crippen LogP contribution in [0.25, 0.3) is 0 Å². The van der Waals surface area contributed by atoms with Crippen molar-refractivity contribution in [2.75, 3.05) is 20.6 Å². The number of hydrogen-bond donors (Lipinski definition) is 0. The fourth-order valence-electron chi connectivity index (χ4n) is 3.92. The largest absolute Gasteiger partial charge is 0.337 e. The number of carbonyl (C=O) groups excluding carboxylic acids is 1. The van der Waals surface area contributed by atoms with Crippen LogP contribution in [0.3, 0.4) is 0 Å². The van der Waals surface area contributed by atoms with Crippen molar-refractivity contribution >= 4 is 5.91 Å². The smallest absolute Gasteiger partial charge is 0.272 e. The Morgan fingerprint density at radius 1 is 1.23 bits per heavy atom. The first-order valence-corrected chi connectivity index (χ1v) is 8.60. The minimum absolute atomic E-state index is 0.0781. The Morgan fingerprint density at radius 2 is 2.00 bits per heavy atom. The fraction of sp³-hybridized carbons (Fsp3) is 0.667. The van der Waals surface area contributed by atoms with Crippen LogP contribution >= 0.6 is 0 Å². The molecule has 1 atom stereocenters. The molecule has 0 unspecified atom stereocenters. The molecular formula is C18H27N3O. The molecular weight excluding hydrogens is 274 g/mol. The zero-order valence-corrected chi connectivity index (χ0v) is 13.8. The highest BCUT2D eigenvalue weighted by molar-refractivity contribution is 5.92. The van der Waals surface area contributed by atoms with Gasteiger partial charge in [0.2, 0.25) is 0 Å². The molecule has 0 N–H and O–H groups in total. The van der Waals surface area contributed by atoms with Crippen molar-refractivity contribution in [3.05, 3.63) is 29.6 Å². The van der Waals surface area contributed by atoms with Crippen LogP contribution in [0, 0.1) is 0 Å². The van der Waals surface area contributed by atoms with Crippen LogP contribution in [0.5, 0.6) is 0 Å². The van der Waals surface area contributed by atoms with Crippen molar-refractivity contribution in [3.63, 3.8) is 0 Å². The van der Waals surface area contributed by atoms with E-state index in [1.165, 1.54) is 37.7 Å². The number of carbonyl (C=O) groups is 1. The predicted octanol–water partition coefficient (Wildman–Crippen LogP) is 3.25. The topological polar surface area (TPSA) is 36.4 Å². The van der Waals surface area contributed by atoms with Gasteiger partial charge < -0.3 is 4.90 Å². The molecule has 1 aromatic rings. The van der Waals surface area contributed by atoms with Crippen LogP contribution in [0.2, 0.25) is 0 Å². The van der Waals surface area contributed by atoms with E-state index < -0.39 is 0 Å². The Kier molecular flexibility index (Phi) is 4.77. The number of hydrogen-bond acceptors (Lipinski definition) is 3. The zero-order valence-electron chi connectivity index (χ0n) is 13.8. The van der Waals surface area contributed by atoms with Gasteiger partial charge in [-0.3, -0.25) is 14.7 Å². The molecule has 1 saturated heterocycles. The van der Waals surface area contributed by atoms with E-state index in [2.05, 4.69) is 23.0 Å². The summed E-state index contributed by atoms with van der Waals surface area (Å²) in [7, 11) is 4.10. The Bertz CT molecular complexity index is 525. The Labute approximate surface area is 133 Å². The van der Waals surface area contributed by atoms with Crippen LogP contribution < -0.4 is 0 Å².